The van der Waals surface area contributed by atoms with E-state index in [1.165, 1.54) is 0 Å². The van der Waals surface area contributed by atoms with Crippen molar-refractivity contribution in [3.63, 3.8) is 0 Å². The normalized spacial score (nSPS) is 10.2. The monoisotopic (exact) mass is 235 g/mol. The number of nitrogens with two attached hydrogens (primary N) is 2. The van der Waals surface area contributed by atoms with E-state index in [1.54, 1.807) is 24.1 Å². The van der Waals surface area contributed by atoms with Crippen LogP contribution in [0.3, 0.4) is 0 Å². The summed E-state index contributed by atoms with van der Waals surface area (Å²) in [5.41, 5.74) is 7.92. The zero-order chi connectivity index (χ0) is 12.3. The SMILES string of the molecule is Cn1cnc(CNc2cc(NN)nc(N)n2)n1. The van der Waals surface area contributed by atoms with Crippen LogP contribution in [0.5, 0.6) is 0 Å². The van der Waals surface area contributed by atoms with Gasteiger partial charge in [-0.15, -0.1) is 0 Å². The first-order valence-corrected chi connectivity index (χ1v) is 4.87. The van der Waals surface area contributed by atoms with Crippen molar-refractivity contribution in [3.05, 3.63) is 18.2 Å². The first-order chi connectivity index (χ1) is 8.17. The Hall–Kier alpha value is -2.42. The van der Waals surface area contributed by atoms with Crippen LogP contribution in [0.25, 0.3) is 0 Å². The van der Waals surface area contributed by atoms with E-state index in [0.29, 0.717) is 24.0 Å². The summed E-state index contributed by atoms with van der Waals surface area (Å²) in [4.78, 5) is 11.9. The lowest BCUT2D eigenvalue weighted by atomic mass is 10.5. The average Bonchev–Trinajstić information content (AvgIpc) is 2.72. The molecule has 2 heterocycles. The van der Waals surface area contributed by atoms with E-state index >= 15 is 0 Å². The second-order valence-corrected chi connectivity index (χ2v) is 3.33. The number of nitrogens with one attached hydrogen (secondary N) is 2. The van der Waals surface area contributed by atoms with Gasteiger partial charge in [-0.2, -0.15) is 15.1 Å². The van der Waals surface area contributed by atoms with Crippen molar-refractivity contribution >= 4 is 17.6 Å². The summed E-state index contributed by atoms with van der Waals surface area (Å²) >= 11 is 0. The molecule has 9 heteroatoms. The van der Waals surface area contributed by atoms with Crippen molar-refractivity contribution < 1.29 is 0 Å². The van der Waals surface area contributed by atoms with Gasteiger partial charge in [0.05, 0.1) is 6.54 Å². The molecule has 0 amide bonds. The van der Waals surface area contributed by atoms with E-state index in [1.807, 2.05) is 0 Å². The molecule has 0 aliphatic heterocycles. The highest BCUT2D eigenvalue weighted by Gasteiger charge is 2.03. The van der Waals surface area contributed by atoms with E-state index in [0.717, 1.165) is 0 Å². The number of hydrazine groups is 1. The quantitative estimate of drug-likeness (QED) is 0.395. The minimum absolute atomic E-state index is 0.136. The molecule has 9 nitrogen and oxygen atoms in total. The van der Waals surface area contributed by atoms with E-state index < -0.39 is 0 Å². The fourth-order valence-electron chi connectivity index (χ4n) is 1.26. The van der Waals surface area contributed by atoms with E-state index in [-0.39, 0.29) is 5.95 Å². The number of anilines is 3. The third-order valence-corrected chi connectivity index (χ3v) is 1.97. The summed E-state index contributed by atoms with van der Waals surface area (Å²) in [6.45, 7) is 0.446. The summed E-state index contributed by atoms with van der Waals surface area (Å²) in [5, 5.41) is 7.14. The molecule has 0 aliphatic rings. The Morgan fingerprint density at radius 2 is 2.12 bits per heavy atom. The van der Waals surface area contributed by atoms with Gasteiger partial charge >= 0.3 is 0 Å². The Balaban J connectivity index is 2.05. The Morgan fingerprint density at radius 3 is 2.76 bits per heavy atom. The maximum Gasteiger partial charge on any atom is 0.223 e. The van der Waals surface area contributed by atoms with Gasteiger partial charge in [-0.3, -0.25) is 4.68 Å². The molecule has 6 N–H and O–H groups in total. The van der Waals surface area contributed by atoms with Crippen LogP contribution in [-0.2, 0) is 13.6 Å². The fourth-order valence-corrected chi connectivity index (χ4v) is 1.26. The Morgan fingerprint density at radius 1 is 1.35 bits per heavy atom. The molecular weight excluding hydrogens is 222 g/mol. The topological polar surface area (TPSA) is 133 Å². The van der Waals surface area contributed by atoms with Crippen LogP contribution < -0.4 is 22.3 Å². The minimum atomic E-state index is 0.136. The Labute approximate surface area is 97.2 Å². The van der Waals surface area contributed by atoms with Crippen LogP contribution in [0.1, 0.15) is 5.82 Å². The number of aryl methyl sites for hydroxylation is 1. The summed E-state index contributed by atoms with van der Waals surface area (Å²) in [7, 11) is 1.80. The predicted octanol–water partition coefficient (Wildman–Crippen LogP) is -0.915. The second-order valence-electron chi connectivity index (χ2n) is 3.33. The molecular formula is C8H13N9. The van der Waals surface area contributed by atoms with Gasteiger partial charge in [-0.1, -0.05) is 0 Å². The molecule has 0 radical (unpaired) electrons. The highest BCUT2D eigenvalue weighted by atomic mass is 15.3. The van der Waals surface area contributed by atoms with Crippen LogP contribution in [0.2, 0.25) is 0 Å². The van der Waals surface area contributed by atoms with E-state index in [4.69, 9.17) is 11.6 Å². The highest BCUT2D eigenvalue weighted by Crippen LogP contribution is 2.11. The summed E-state index contributed by atoms with van der Waals surface area (Å²) < 4.78 is 1.62. The van der Waals surface area contributed by atoms with Gasteiger partial charge in [-0.25, -0.2) is 10.8 Å². The van der Waals surface area contributed by atoms with Crippen molar-refractivity contribution in [2.24, 2.45) is 12.9 Å². The smallest absolute Gasteiger partial charge is 0.223 e. The number of hydrogen-bond acceptors (Lipinski definition) is 8. The highest BCUT2D eigenvalue weighted by molar-refractivity contribution is 5.50. The third kappa shape index (κ3) is 2.78. The molecule has 17 heavy (non-hydrogen) atoms. The van der Waals surface area contributed by atoms with Crippen molar-refractivity contribution in [1.29, 1.82) is 0 Å². The molecule has 90 valence electrons. The van der Waals surface area contributed by atoms with Crippen LogP contribution in [0.4, 0.5) is 17.6 Å². The van der Waals surface area contributed by atoms with Crippen LogP contribution >= 0.6 is 0 Å². The molecule has 0 saturated heterocycles. The van der Waals surface area contributed by atoms with Gasteiger partial charge in [0.25, 0.3) is 0 Å². The van der Waals surface area contributed by atoms with Gasteiger partial charge < -0.3 is 16.5 Å². The maximum absolute atomic E-state index is 5.51. The van der Waals surface area contributed by atoms with Crippen molar-refractivity contribution in [2.45, 2.75) is 6.54 Å². The summed E-state index contributed by atoms with van der Waals surface area (Å²) in [6.07, 6.45) is 1.62. The number of aromatic nitrogens is 5. The molecule has 0 aromatic carbocycles. The lowest BCUT2D eigenvalue weighted by Crippen LogP contribution is -2.12. The van der Waals surface area contributed by atoms with Crippen LogP contribution in [0, 0.1) is 0 Å². The largest absolute Gasteiger partial charge is 0.368 e. The molecule has 2 aromatic heterocycles. The molecule has 0 fully saturated rings. The summed E-state index contributed by atoms with van der Waals surface area (Å²) in [5.74, 6) is 7.03. The molecule has 2 aromatic rings. The van der Waals surface area contributed by atoms with Gasteiger partial charge in [0.1, 0.15) is 18.0 Å². The average molecular weight is 235 g/mol. The van der Waals surface area contributed by atoms with Crippen LogP contribution in [-0.4, -0.2) is 24.7 Å². The number of hydrogen-bond donors (Lipinski definition) is 4. The molecule has 0 bridgehead atoms. The maximum atomic E-state index is 5.51. The number of nitrogens with zero attached hydrogens (tertiary/aromatic N) is 5. The van der Waals surface area contributed by atoms with Crippen LogP contribution in [0.15, 0.2) is 12.4 Å². The molecule has 0 unspecified atom stereocenters. The zero-order valence-corrected chi connectivity index (χ0v) is 9.25. The Kier molecular flexibility index (Phi) is 3.01. The molecule has 0 aliphatic carbocycles. The standard InChI is InChI=1S/C8H13N9/c1-17-4-12-7(16-17)3-11-5-2-6(15-10)14-8(9)13-5/h2,4H,3,10H2,1H3,(H4,9,11,13,14,15). The molecule has 0 saturated carbocycles. The molecule has 2 rings (SSSR count). The predicted molar refractivity (Wildman–Crippen MR) is 62.6 cm³/mol. The third-order valence-electron chi connectivity index (χ3n) is 1.97. The minimum Gasteiger partial charge on any atom is -0.368 e. The number of nitrogen functional groups attached to an aromatic ring is 2. The molecule has 0 spiro atoms. The lowest BCUT2D eigenvalue weighted by Gasteiger charge is -2.06. The van der Waals surface area contributed by atoms with E-state index in [9.17, 15) is 0 Å². The second kappa shape index (κ2) is 4.61. The lowest BCUT2D eigenvalue weighted by molar-refractivity contribution is 0.747. The first kappa shape index (κ1) is 11.1. The molecule has 0 atom stereocenters. The number of rotatable bonds is 4. The van der Waals surface area contributed by atoms with Gasteiger partial charge in [0.2, 0.25) is 5.95 Å². The van der Waals surface area contributed by atoms with Gasteiger partial charge in [0, 0.05) is 13.1 Å². The van der Waals surface area contributed by atoms with Crippen molar-refractivity contribution in [3.8, 4) is 0 Å². The van der Waals surface area contributed by atoms with Gasteiger partial charge in [-0.05, 0) is 0 Å². The Bertz CT molecular complexity index is 505. The first-order valence-electron chi connectivity index (χ1n) is 4.87. The van der Waals surface area contributed by atoms with Crippen molar-refractivity contribution in [2.75, 3.05) is 16.5 Å². The summed E-state index contributed by atoms with van der Waals surface area (Å²) in [6, 6.07) is 1.64. The van der Waals surface area contributed by atoms with Gasteiger partial charge in [0.15, 0.2) is 5.82 Å². The fraction of sp³-hybridized carbons (Fsp3) is 0.250. The van der Waals surface area contributed by atoms with Crippen molar-refractivity contribution in [1.82, 2.24) is 24.7 Å². The van der Waals surface area contributed by atoms with E-state index in [2.05, 4.69) is 30.8 Å². The zero-order valence-electron chi connectivity index (χ0n) is 9.25.